The molecule has 0 heterocycles. The maximum absolute atomic E-state index is 9.24. The first-order valence-electron chi connectivity index (χ1n) is 6.12. The maximum atomic E-state index is 9.24. The summed E-state index contributed by atoms with van der Waals surface area (Å²) in [4.78, 5) is 0. The van der Waals surface area contributed by atoms with Crippen LogP contribution in [0, 0.1) is 11.3 Å². The molecule has 1 aromatic carbocycles. The Bertz CT molecular complexity index is 394. The summed E-state index contributed by atoms with van der Waals surface area (Å²) >= 11 is 0. The van der Waals surface area contributed by atoms with E-state index in [9.17, 15) is 5.26 Å². The third-order valence-electron chi connectivity index (χ3n) is 3.39. The van der Waals surface area contributed by atoms with Gasteiger partial charge in [0.05, 0.1) is 18.8 Å². The third kappa shape index (κ3) is 2.85. The molecule has 1 aliphatic carbocycles. The summed E-state index contributed by atoms with van der Waals surface area (Å²) in [6.45, 7) is 0.559. The molecule has 90 valence electrons. The molecule has 0 bridgehead atoms. The molecule has 0 radical (unpaired) electrons. The van der Waals surface area contributed by atoms with Gasteiger partial charge in [0.15, 0.2) is 0 Å². The molecule has 1 unspecified atom stereocenters. The second kappa shape index (κ2) is 5.31. The number of hydrogen-bond donors (Lipinski definition) is 1. The highest BCUT2D eigenvalue weighted by Gasteiger charge is 2.27. The molecule has 0 saturated heterocycles. The van der Waals surface area contributed by atoms with Crippen LogP contribution in [0.5, 0.6) is 0 Å². The lowest BCUT2D eigenvalue weighted by Gasteiger charge is -2.28. The van der Waals surface area contributed by atoms with Crippen LogP contribution in [0.1, 0.15) is 31.2 Å². The summed E-state index contributed by atoms with van der Waals surface area (Å²) in [5.41, 5.74) is 6.06. The molecule has 1 aromatic rings. The van der Waals surface area contributed by atoms with Gasteiger partial charge in [-0.15, -0.1) is 0 Å². The number of nitrogens with zero attached hydrogens (tertiary/aromatic N) is 1. The van der Waals surface area contributed by atoms with E-state index >= 15 is 0 Å². The van der Waals surface area contributed by atoms with Crippen LogP contribution < -0.4 is 5.73 Å². The molecule has 0 spiro atoms. The van der Waals surface area contributed by atoms with Crippen LogP contribution >= 0.6 is 0 Å². The minimum atomic E-state index is -0.926. The molecule has 0 aliphatic heterocycles. The summed E-state index contributed by atoms with van der Waals surface area (Å²) < 4.78 is 5.67. The minimum Gasteiger partial charge on any atom is -0.378 e. The largest absolute Gasteiger partial charge is 0.378 e. The summed E-state index contributed by atoms with van der Waals surface area (Å²) in [6.07, 6.45) is 4.50. The Morgan fingerprint density at radius 3 is 2.59 bits per heavy atom. The van der Waals surface area contributed by atoms with Crippen molar-refractivity contribution in [1.29, 1.82) is 5.26 Å². The first-order chi connectivity index (χ1) is 8.24. The topological polar surface area (TPSA) is 59.0 Å². The fourth-order valence-electron chi connectivity index (χ4n) is 1.92. The van der Waals surface area contributed by atoms with Gasteiger partial charge in [0, 0.05) is 6.42 Å². The molecule has 0 aromatic heterocycles. The number of rotatable bonds is 5. The number of benzene rings is 1. The van der Waals surface area contributed by atoms with Crippen molar-refractivity contribution in [2.24, 2.45) is 5.73 Å². The fourth-order valence-corrected chi connectivity index (χ4v) is 1.92. The summed E-state index contributed by atoms with van der Waals surface area (Å²) in [7, 11) is 0. The Balaban J connectivity index is 1.92. The molecule has 3 nitrogen and oxygen atoms in total. The number of nitriles is 1. The van der Waals surface area contributed by atoms with E-state index in [1.807, 2.05) is 30.3 Å². The number of ether oxygens (including phenoxy) is 1. The number of nitrogens with two attached hydrogens (primary N) is 1. The van der Waals surface area contributed by atoms with E-state index in [2.05, 4.69) is 6.07 Å². The Kier molecular flexibility index (Phi) is 3.78. The predicted molar refractivity (Wildman–Crippen MR) is 66.1 cm³/mol. The Morgan fingerprint density at radius 2 is 2.06 bits per heavy atom. The molecule has 1 atom stereocenters. The first-order valence-corrected chi connectivity index (χ1v) is 6.12. The Morgan fingerprint density at radius 1 is 1.35 bits per heavy atom. The lowest BCUT2D eigenvalue weighted by molar-refractivity contribution is -0.00325. The van der Waals surface area contributed by atoms with Gasteiger partial charge >= 0.3 is 0 Å². The van der Waals surface area contributed by atoms with Crippen molar-refractivity contribution in [2.45, 2.75) is 37.3 Å². The maximum Gasteiger partial charge on any atom is 0.132 e. The number of hydrogen-bond acceptors (Lipinski definition) is 3. The lowest BCUT2D eigenvalue weighted by atomic mass is 9.89. The molecule has 1 saturated carbocycles. The van der Waals surface area contributed by atoms with E-state index in [0.29, 0.717) is 19.1 Å². The molecule has 2 N–H and O–H groups in total. The van der Waals surface area contributed by atoms with Gasteiger partial charge in [-0.05, 0) is 24.8 Å². The second-order valence-electron chi connectivity index (χ2n) is 4.62. The average molecular weight is 230 g/mol. The summed E-state index contributed by atoms with van der Waals surface area (Å²) in [5, 5.41) is 9.24. The minimum absolute atomic E-state index is 0.397. The molecule has 2 rings (SSSR count). The Hall–Kier alpha value is -1.37. The Labute approximate surface area is 102 Å². The zero-order chi connectivity index (χ0) is 12.1. The zero-order valence-electron chi connectivity index (χ0n) is 9.93. The van der Waals surface area contributed by atoms with Crippen LogP contribution in [0.2, 0.25) is 0 Å². The van der Waals surface area contributed by atoms with Crippen molar-refractivity contribution < 1.29 is 4.74 Å². The zero-order valence-corrected chi connectivity index (χ0v) is 9.93. The van der Waals surface area contributed by atoms with Crippen LogP contribution in [-0.4, -0.2) is 12.7 Å². The van der Waals surface area contributed by atoms with Crippen molar-refractivity contribution in [2.75, 3.05) is 6.61 Å². The standard InChI is InChI=1S/C14H18N2O/c15-11-14(16,12-5-2-1-3-6-12)9-10-17-13-7-4-8-13/h1-3,5-6,13H,4,7-10,16H2. The van der Waals surface area contributed by atoms with Crippen molar-refractivity contribution in [1.82, 2.24) is 0 Å². The van der Waals surface area contributed by atoms with E-state index in [0.717, 1.165) is 18.4 Å². The van der Waals surface area contributed by atoms with Crippen molar-refractivity contribution in [3.8, 4) is 6.07 Å². The van der Waals surface area contributed by atoms with Gasteiger partial charge < -0.3 is 10.5 Å². The summed E-state index contributed by atoms with van der Waals surface area (Å²) in [6, 6.07) is 11.7. The van der Waals surface area contributed by atoms with Gasteiger partial charge in [-0.1, -0.05) is 30.3 Å². The van der Waals surface area contributed by atoms with E-state index in [1.54, 1.807) is 0 Å². The van der Waals surface area contributed by atoms with Crippen molar-refractivity contribution in [3.05, 3.63) is 35.9 Å². The predicted octanol–water partition coefficient (Wildman–Crippen LogP) is 2.32. The molecule has 17 heavy (non-hydrogen) atoms. The SMILES string of the molecule is N#CC(N)(CCOC1CCC1)c1ccccc1. The monoisotopic (exact) mass is 230 g/mol. The van der Waals surface area contributed by atoms with Crippen molar-refractivity contribution >= 4 is 0 Å². The molecule has 1 aliphatic rings. The lowest BCUT2D eigenvalue weighted by Crippen LogP contribution is -2.37. The van der Waals surface area contributed by atoms with Crippen LogP contribution in [0.25, 0.3) is 0 Å². The van der Waals surface area contributed by atoms with E-state index in [1.165, 1.54) is 6.42 Å². The molecular weight excluding hydrogens is 212 g/mol. The van der Waals surface area contributed by atoms with E-state index in [-0.39, 0.29) is 0 Å². The highest BCUT2D eigenvalue weighted by Crippen LogP contribution is 2.25. The highest BCUT2D eigenvalue weighted by atomic mass is 16.5. The van der Waals surface area contributed by atoms with E-state index in [4.69, 9.17) is 10.5 Å². The van der Waals surface area contributed by atoms with E-state index < -0.39 is 5.54 Å². The molecule has 3 heteroatoms. The van der Waals surface area contributed by atoms with Gasteiger partial charge in [-0.3, -0.25) is 0 Å². The van der Waals surface area contributed by atoms with Gasteiger partial charge in [-0.2, -0.15) is 5.26 Å². The van der Waals surface area contributed by atoms with Gasteiger partial charge in [0.1, 0.15) is 5.54 Å². The fraction of sp³-hybridized carbons (Fsp3) is 0.500. The average Bonchev–Trinajstić information content (AvgIpc) is 2.33. The normalized spacial score (nSPS) is 19.1. The summed E-state index contributed by atoms with van der Waals surface area (Å²) in [5.74, 6) is 0. The smallest absolute Gasteiger partial charge is 0.132 e. The highest BCUT2D eigenvalue weighted by molar-refractivity contribution is 5.30. The molecule has 0 amide bonds. The van der Waals surface area contributed by atoms with Gasteiger partial charge in [0.25, 0.3) is 0 Å². The van der Waals surface area contributed by atoms with Gasteiger partial charge in [0.2, 0.25) is 0 Å². The third-order valence-corrected chi connectivity index (χ3v) is 3.39. The quantitative estimate of drug-likeness (QED) is 0.844. The molecular formula is C14H18N2O. The van der Waals surface area contributed by atoms with Crippen molar-refractivity contribution in [3.63, 3.8) is 0 Å². The van der Waals surface area contributed by atoms with Gasteiger partial charge in [-0.25, -0.2) is 0 Å². The second-order valence-corrected chi connectivity index (χ2v) is 4.62. The first kappa shape index (κ1) is 12.1. The van der Waals surface area contributed by atoms with Crippen LogP contribution in [0.15, 0.2) is 30.3 Å². The van der Waals surface area contributed by atoms with Crippen LogP contribution in [-0.2, 0) is 10.3 Å². The van der Waals surface area contributed by atoms with Crippen LogP contribution in [0.3, 0.4) is 0 Å². The van der Waals surface area contributed by atoms with Crippen LogP contribution in [0.4, 0.5) is 0 Å². The molecule has 1 fully saturated rings.